The first-order chi connectivity index (χ1) is 11.2. The van der Waals surface area contributed by atoms with Crippen LogP contribution in [-0.4, -0.2) is 54.8 Å². The van der Waals surface area contributed by atoms with Crippen LogP contribution >= 0.6 is 0 Å². The molecule has 126 valence electrons. The number of anilines is 1. The van der Waals surface area contributed by atoms with Crippen LogP contribution in [0.4, 0.5) is 15.0 Å². The number of aromatic nitrogens is 1. The molecule has 1 atom stereocenters. The molecule has 0 bridgehead atoms. The van der Waals surface area contributed by atoms with Gasteiger partial charge < -0.3 is 15.0 Å². The summed E-state index contributed by atoms with van der Waals surface area (Å²) in [6.45, 7) is 4.86. The largest absolute Gasteiger partial charge is 0.381 e. The quantitative estimate of drug-likeness (QED) is 0.888. The van der Waals surface area contributed by atoms with Gasteiger partial charge in [-0.2, -0.15) is 0 Å². The van der Waals surface area contributed by atoms with E-state index in [1.165, 1.54) is 12.1 Å². The Morgan fingerprint density at radius 3 is 2.83 bits per heavy atom. The van der Waals surface area contributed by atoms with Crippen LogP contribution in [0.15, 0.2) is 18.3 Å². The van der Waals surface area contributed by atoms with Gasteiger partial charge in [0.15, 0.2) is 0 Å². The number of nitrogens with one attached hydrogen (secondary N) is 2. The molecule has 2 fully saturated rings. The highest BCUT2D eigenvalue weighted by Crippen LogP contribution is 2.17. The number of likely N-dealkylation sites (tertiary alicyclic amines) is 1. The summed E-state index contributed by atoms with van der Waals surface area (Å²) in [6, 6.07) is 2.60. The fourth-order valence-corrected chi connectivity index (χ4v) is 3.14. The van der Waals surface area contributed by atoms with E-state index in [1.807, 2.05) is 0 Å². The van der Waals surface area contributed by atoms with Gasteiger partial charge in [0.05, 0.1) is 12.8 Å². The molecule has 0 spiro atoms. The number of halogens is 1. The topological polar surface area (TPSA) is 66.5 Å². The second-order valence-electron chi connectivity index (χ2n) is 6.26. The number of carbonyl (C=O) groups excluding carboxylic acids is 1. The summed E-state index contributed by atoms with van der Waals surface area (Å²) < 4.78 is 18.2. The molecule has 2 aliphatic heterocycles. The number of carbonyl (C=O) groups is 1. The predicted molar refractivity (Wildman–Crippen MR) is 84.7 cm³/mol. The van der Waals surface area contributed by atoms with Crippen molar-refractivity contribution in [3.8, 4) is 0 Å². The van der Waals surface area contributed by atoms with Crippen molar-refractivity contribution in [2.75, 3.05) is 38.2 Å². The van der Waals surface area contributed by atoms with Gasteiger partial charge in [-0.05, 0) is 37.3 Å². The molecule has 0 aromatic carbocycles. The lowest BCUT2D eigenvalue weighted by atomic mass is 10.0. The first-order valence-electron chi connectivity index (χ1n) is 8.18. The molecule has 2 amide bonds. The van der Waals surface area contributed by atoms with E-state index < -0.39 is 5.82 Å². The molecule has 0 radical (unpaired) electrons. The zero-order valence-electron chi connectivity index (χ0n) is 13.1. The van der Waals surface area contributed by atoms with Crippen LogP contribution in [-0.2, 0) is 4.74 Å². The first-order valence-corrected chi connectivity index (χ1v) is 8.18. The summed E-state index contributed by atoms with van der Waals surface area (Å²) in [5.74, 6) is 0.589. The number of pyridine rings is 1. The Kier molecular flexibility index (Phi) is 5.40. The summed E-state index contributed by atoms with van der Waals surface area (Å²) in [7, 11) is 0. The van der Waals surface area contributed by atoms with Gasteiger partial charge in [0.25, 0.3) is 0 Å². The second-order valence-corrected chi connectivity index (χ2v) is 6.26. The number of piperidine rings is 1. The summed E-state index contributed by atoms with van der Waals surface area (Å²) in [5.41, 5.74) is 0. The molecular weight excluding hydrogens is 299 g/mol. The zero-order valence-corrected chi connectivity index (χ0v) is 13.1. The highest BCUT2D eigenvalue weighted by Gasteiger charge is 2.24. The van der Waals surface area contributed by atoms with E-state index in [2.05, 4.69) is 20.5 Å². The molecule has 0 unspecified atom stereocenters. The maximum Gasteiger partial charge on any atom is 0.320 e. The van der Waals surface area contributed by atoms with E-state index >= 15 is 0 Å². The number of urea groups is 1. The van der Waals surface area contributed by atoms with Crippen LogP contribution in [0.25, 0.3) is 0 Å². The number of ether oxygens (including phenoxy) is 1. The van der Waals surface area contributed by atoms with Crippen molar-refractivity contribution < 1.29 is 13.9 Å². The van der Waals surface area contributed by atoms with Crippen LogP contribution in [0, 0.1) is 11.7 Å². The minimum absolute atomic E-state index is 0.173. The standard InChI is InChI=1S/C16H23FN4O2/c17-13-1-2-15(18-9-13)20-16(22)19-14-3-6-21(7-4-14)10-12-5-8-23-11-12/h1-2,9,12,14H,3-8,10-11H2,(H2,18,19,20,22)/t12-/m0/s1. The van der Waals surface area contributed by atoms with Gasteiger partial charge in [0, 0.05) is 32.3 Å². The maximum atomic E-state index is 12.8. The lowest BCUT2D eigenvalue weighted by Gasteiger charge is -2.33. The highest BCUT2D eigenvalue weighted by molar-refractivity contribution is 5.88. The molecule has 0 aliphatic carbocycles. The van der Waals surface area contributed by atoms with Crippen molar-refractivity contribution in [2.24, 2.45) is 5.92 Å². The minimum Gasteiger partial charge on any atom is -0.381 e. The Bertz CT molecular complexity index is 511. The fraction of sp³-hybridized carbons (Fsp3) is 0.625. The van der Waals surface area contributed by atoms with Gasteiger partial charge in [0.1, 0.15) is 11.6 Å². The second kappa shape index (κ2) is 7.70. The normalized spacial score (nSPS) is 22.9. The summed E-state index contributed by atoms with van der Waals surface area (Å²) in [6.07, 6.45) is 4.13. The SMILES string of the molecule is O=C(Nc1ccc(F)cn1)NC1CCN(C[C@@H]2CCOC2)CC1. The average molecular weight is 322 g/mol. The molecule has 0 saturated carbocycles. The summed E-state index contributed by atoms with van der Waals surface area (Å²) >= 11 is 0. The number of hydrogen-bond donors (Lipinski definition) is 2. The van der Waals surface area contributed by atoms with Crippen molar-refractivity contribution in [1.82, 2.24) is 15.2 Å². The Morgan fingerprint density at radius 1 is 1.35 bits per heavy atom. The third-order valence-electron chi connectivity index (χ3n) is 4.43. The molecule has 6 nitrogen and oxygen atoms in total. The molecule has 2 saturated heterocycles. The average Bonchev–Trinajstić information content (AvgIpc) is 3.04. The molecule has 3 heterocycles. The first kappa shape index (κ1) is 16.1. The Hall–Kier alpha value is -1.73. The van der Waals surface area contributed by atoms with Gasteiger partial charge >= 0.3 is 6.03 Å². The molecule has 1 aromatic rings. The number of nitrogens with zero attached hydrogens (tertiary/aromatic N) is 2. The van der Waals surface area contributed by atoms with Gasteiger partial charge in [-0.1, -0.05) is 0 Å². The van der Waals surface area contributed by atoms with E-state index in [0.29, 0.717) is 11.7 Å². The third kappa shape index (κ3) is 4.87. The van der Waals surface area contributed by atoms with Crippen molar-refractivity contribution in [2.45, 2.75) is 25.3 Å². The molecule has 3 rings (SSSR count). The van der Waals surface area contributed by atoms with Gasteiger partial charge in [0.2, 0.25) is 0 Å². The van der Waals surface area contributed by atoms with Gasteiger partial charge in [-0.15, -0.1) is 0 Å². The van der Waals surface area contributed by atoms with Gasteiger partial charge in [-0.3, -0.25) is 5.32 Å². The van der Waals surface area contributed by atoms with Crippen molar-refractivity contribution >= 4 is 11.8 Å². The molecule has 2 N–H and O–H groups in total. The van der Waals surface area contributed by atoms with Crippen LogP contribution < -0.4 is 10.6 Å². The lowest BCUT2D eigenvalue weighted by molar-refractivity contribution is 0.148. The molecule has 23 heavy (non-hydrogen) atoms. The Labute approximate surface area is 135 Å². The zero-order chi connectivity index (χ0) is 16.1. The fourth-order valence-electron chi connectivity index (χ4n) is 3.14. The van der Waals surface area contributed by atoms with E-state index in [9.17, 15) is 9.18 Å². The van der Waals surface area contributed by atoms with Crippen molar-refractivity contribution in [1.29, 1.82) is 0 Å². The molecule has 7 heteroatoms. The van der Waals surface area contributed by atoms with Crippen LogP contribution in [0.1, 0.15) is 19.3 Å². The van der Waals surface area contributed by atoms with Gasteiger partial charge in [-0.25, -0.2) is 14.2 Å². The molecule has 1 aromatic heterocycles. The van der Waals surface area contributed by atoms with E-state index in [4.69, 9.17) is 4.74 Å². The lowest BCUT2D eigenvalue weighted by Crippen LogP contribution is -2.47. The van der Waals surface area contributed by atoms with Crippen molar-refractivity contribution in [3.63, 3.8) is 0 Å². The highest BCUT2D eigenvalue weighted by atomic mass is 19.1. The number of rotatable bonds is 4. The minimum atomic E-state index is -0.420. The van der Waals surface area contributed by atoms with E-state index in [1.54, 1.807) is 0 Å². The summed E-state index contributed by atoms with van der Waals surface area (Å²) in [4.78, 5) is 18.2. The Morgan fingerprint density at radius 2 is 2.17 bits per heavy atom. The van der Waals surface area contributed by atoms with Crippen LogP contribution in [0.2, 0.25) is 0 Å². The monoisotopic (exact) mass is 322 g/mol. The van der Waals surface area contributed by atoms with Crippen LogP contribution in [0.3, 0.4) is 0 Å². The van der Waals surface area contributed by atoms with Crippen LogP contribution in [0.5, 0.6) is 0 Å². The van der Waals surface area contributed by atoms with E-state index in [0.717, 1.165) is 58.3 Å². The number of hydrogen-bond acceptors (Lipinski definition) is 4. The van der Waals surface area contributed by atoms with Crippen molar-refractivity contribution in [3.05, 3.63) is 24.1 Å². The smallest absolute Gasteiger partial charge is 0.320 e. The number of amides is 2. The van der Waals surface area contributed by atoms with E-state index in [-0.39, 0.29) is 12.1 Å². The molecule has 2 aliphatic rings. The molecular formula is C16H23FN4O2. The predicted octanol–water partition coefficient (Wildman–Crippen LogP) is 1.84. The summed E-state index contributed by atoms with van der Waals surface area (Å²) in [5, 5.41) is 5.59. The Balaban J connectivity index is 1.37. The third-order valence-corrected chi connectivity index (χ3v) is 4.43. The maximum absolute atomic E-state index is 12.8.